The lowest BCUT2D eigenvalue weighted by Crippen LogP contribution is -2.30. The van der Waals surface area contributed by atoms with Crippen molar-refractivity contribution in [2.24, 2.45) is 0 Å². The van der Waals surface area contributed by atoms with E-state index in [2.05, 4.69) is 11.9 Å². The molecular weight excluding hydrogens is 190 g/mol. The zero-order valence-electron chi connectivity index (χ0n) is 8.98. The number of piperidine rings is 1. The van der Waals surface area contributed by atoms with E-state index in [0.717, 1.165) is 25.1 Å². The van der Waals surface area contributed by atoms with Crippen molar-refractivity contribution in [1.82, 2.24) is 4.90 Å². The predicted octanol–water partition coefficient (Wildman–Crippen LogP) is 1.91. The summed E-state index contributed by atoms with van der Waals surface area (Å²) in [5.41, 5.74) is 1.04. The van der Waals surface area contributed by atoms with E-state index in [1.807, 2.05) is 0 Å². The van der Waals surface area contributed by atoms with Crippen molar-refractivity contribution >= 4 is 0 Å². The Hall–Kier alpha value is -1.22. The number of aromatic hydroxyl groups is 2. The van der Waals surface area contributed by atoms with Crippen molar-refractivity contribution < 1.29 is 10.2 Å². The summed E-state index contributed by atoms with van der Waals surface area (Å²) >= 11 is 0. The van der Waals surface area contributed by atoms with Gasteiger partial charge in [0.15, 0.2) is 0 Å². The Labute approximate surface area is 90.0 Å². The molecule has 1 unspecified atom stereocenters. The van der Waals surface area contributed by atoms with E-state index in [1.165, 1.54) is 12.5 Å². The fourth-order valence-electron chi connectivity index (χ4n) is 2.29. The van der Waals surface area contributed by atoms with Crippen LogP contribution in [0.1, 0.15) is 24.3 Å². The molecule has 1 aliphatic heterocycles. The molecule has 2 N–H and O–H groups in total. The van der Waals surface area contributed by atoms with Gasteiger partial charge in [0.1, 0.15) is 11.5 Å². The van der Waals surface area contributed by atoms with Crippen LogP contribution in [0.15, 0.2) is 18.2 Å². The molecule has 0 saturated carbocycles. The van der Waals surface area contributed by atoms with Crippen molar-refractivity contribution in [3.8, 4) is 11.5 Å². The van der Waals surface area contributed by atoms with Gasteiger partial charge in [0.05, 0.1) is 0 Å². The molecule has 1 aliphatic rings. The molecule has 2 rings (SSSR count). The Balaban J connectivity index is 2.20. The minimum absolute atomic E-state index is 0.151. The standard InChI is InChI=1S/C12H17NO2/c1-13-4-2-3-9(8-13)10-5-11(14)7-12(15)6-10/h5-7,9,14-15H,2-4,8H2,1H3. The molecule has 0 bridgehead atoms. The van der Waals surface area contributed by atoms with Gasteiger partial charge in [0, 0.05) is 12.6 Å². The molecule has 0 aliphatic carbocycles. The largest absolute Gasteiger partial charge is 0.508 e. The van der Waals surface area contributed by atoms with Crippen LogP contribution in [0.2, 0.25) is 0 Å². The second-order valence-electron chi connectivity index (χ2n) is 4.38. The number of hydrogen-bond acceptors (Lipinski definition) is 3. The highest BCUT2D eigenvalue weighted by molar-refractivity contribution is 5.38. The summed E-state index contributed by atoms with van der Waals surface area (Å²) in [5, 5.41) is 18.8. The van der Waals surface area contributed by atoms with Gasteiger partial charge in [-0.15, -0.1) is 0 Å². The first-order chi connectivity index (χ1) is 7.15. The number of hydrogen-bond donors (Lipinski definition) is 2. The monoisotopic (exact) mass is 207 g/mol. The molecule has 1 saturated heterocycles. The first-order valence-electron chi connectivity index (χ1n) is 5.36. The quantitative estimate of drug-likeness (QED) is 0.739. The molecular formula is C12H17NO2. The summed E-state index contributed by atoms with van der Waals surface area (Å²) in [5.74, 6) is 0.734. The minimum Gasteiger partial charge on any atom is -0.508 e. The zero-order chi connectivity index (χ0) is 10.8. The van der Waals surface area contributed by atoms with Crippen LogP contribution in [-0.2, 0) is 0 Å². The average Bonchev–Trinajstić information content (AvgIpc) is 2.16. The van der Waals surface area contributed by atoms with Crippen LogP contribution in [0.5, 0.6) is 11.5 Å². The number of rotatable bonds is 1. The van der Waals surface area contributed by atoms with Gasteiger partial charge in [-0.25, -0.2) is 0 Å². The number of phenolic OH excluding ortho intramolecular Hbond substituents is 2. The van der Waals surface area contributed by atoms with Gasteiger partial charge in [-0.2, -0.15) is 0 Å². The van der Waals surface area contributed by atoms with E-state index >= 15 is 0 Å². The van der Waals surface area contributed by atoms with Gasteiger partial charge in [0.2, 0.25) is 0 Å². The lowest BCUT2D eigenvalue weighted by Gasteiger charge is -2.30. The summed E-state index contributed by atoms with van der Waals surface area (Å²) in [6.07, 6.45) is 2.31. The van der Waals surface area contributed by atoms with Crippen LogP contribution in [0, 0.1) is 0 Å². The van der Waals surface area contributed by atoms with Crippen LogP contribution in [-0.4, -0.2) is 35.3 Å². The van der Waals surface area contributed by atoms with E-state index in [4.69, 9.17) is 0 Å². The maximum atomic E-state index is 9.42. The van der Waals surface area contributed by atoms with Crippen molar-refractivity contribution in [2.75, 3.05) is 20.1 Å². The Morgan fingerprint density at radius 1 is 1.20 bits per heavy atom. The highest BCUT2D eigenvalue weighted by Gasteiger charge is 2.19. The number of likely N-dealkylation sites (N-methyl/N-ethyl adjacent to an activating group) is 1. The summed E-state index contributed by atoms with van der Waals surface area (Å²) < 4.78 is 0. The van der Waals surface area contributed by atoms with Crippen LogP contribution in [0.25, 0.3) is 0 Å². The average molecular weight is 207 g/mol. The van der Waals surface area contributed by atoms with E-state index in [9.17, 15) is 10.2 Å². The number of likely N-dealkylation sites (tertiary alicyclic amines) is 1. The maximum Gasteiger partial charge on any atom is 0.119 e. The van der Waals surface area contributed by atoms with Crippen LogP contribution >= 0.6 is 0 Å². The topological polar surface area (TPSA) is 43.7 Å². The summed E-state index contributed by atoms with van der Waals surface area (Å²) in [6.45, 7) is 2.14. The molecule has 1 fully saturated rings. The van der Waals surface area contributed by atoms with Gasteiger partial charge >= 0.3 is 0 Å². The molecule has 1 atom stereocenters. The summed E-state index contributed by atoms with van der Waals surface area (Å²) in [7, 11) is 2.11. The molecule has 82 valence electrons. The Morgan fingerprint density at radius 2 is 1.87 bits per heavy atom. The molecule has 15 heavy (non-hydrogen) atoms. The minimum atomic E-state index is 0.151. The van der Waals surface area contributed by atoms with Gasteiger partial charge in [0.25, 0.3) is 0 Å². The number of benzene rings is 1. The highest BCUT2D eigenvalue weighted by Crippen LogP contribution is 2.31. The normalized spacial score (nSPS) is 22.9. The van der Waals surface area contributed by atoms with Crippen molar-refractivity contribution in [2.45, 2.75) is 18.8 Å². The van der Waals surface area contributed by atoms with E-state index < -0.39 is 0 Å². The van der Waals surface area contributed by atoms with Crippen molar-refractivity contribution in [3.63, 3.8) is 0 Å². The summed E-state index contributed by atoms with van der Waals surface area (Å²) in [6, 6.07) is 4.88. The van der Waals surface area contributed by atoms with Gasteiger partial charge in [-0.3, -0.25) is 0 Å². The van der Waals surface area contributed by atoms with Gasteiger partial charge < -0.3 is 15.1 Å². The fourth-order valence-corrected chi connectivity index (χ4v) is 2.29. The smallest absolute Gasteiger partial charge is 0.119 e. The third kappa shape index (κ3) is 2.42. The fraction of sp³-hybridized carbons (Fsp3) is 0.500. The highest BCUT2D eigenvalue weighted by atomic mass is 16.3. The molecule has 0 aromatic heterocycles. The molecule has 0 amide bonds. The Morgan fingerprint density at radius 3 is 2.47 bits per heavy atom. The molecule has 3 heteroatoms. The van der Waals surface area contributed by atoms with Gasteiger partial charge in [-0.05, 0) is 50.0 Å². The third-order valence-electron chi connectivity index (χ3n) is 3.02. The second-order valence-corrected chi connectivity index (χ2v) is 4.38. The molecule has 0 radical (unpaired) electrons. The third-order valence-corrected chi connectivity index (χ3v) is 3.02. The maximum absolute atomic E-state index is 9.42. The van der Waals surface area contributed by atoms with Crippen molar-refractivity contribution in [3.05, 3.63) is 23.8 Å². The lowest BCUT2D eigenvalue weighted by atomic mass is 9.90. The first-order valence-corrected chi connectivity index (χ1v) is 5.36. The molecule has 1 heterocycles. The second kappa shape index (κ2) is 4.11. The van der Waals surface area contributed by atoms with E-state index in [1.54, 1.807) is 12.1 Å². The van der Waals surface area contributed by atoms with Crippen LogP contribution in [0.4, 0.5) is 0 Å². The predicted molar refractivity (Wildman–Crippen MR) is 59.2 cm³/mol. The first kappa shape index (κ1) is 10.3. The lowest BCUT2D eigenvalue weighted by molar-refractivity contribution is 0.250. The Bertz CT molecular complexity index is 331. The number of phenols is 2. The summed E-state index contributed by atoms with van der Waals surface area (Å²) in [4.78, 5) is 2.29. The van der Waals surface area contributed by atoms with E-state index in [0.29, 0.717) is 5.92 Å². The molecule has 0 spiro atoms. The molecule has 1 aromatic rings. The Kier molecular flexibility index (Phi) is 2.82. The van der Waals surface area contributed by atoms with Gasteiger partial charge in [-0.1, -0.05) is 0 Å². The van der Waals surface area contributed by atoms with Crippen LogP contribution < -0.4 is 0 Å². The molecule has 3 nitrogen and oxygen atoms in total. The molecule has 1 aromatic carbocycles. The number of nitrogens with zero attached hydrogens (tertiary/aromatic N) is 1. The van der Waals surface area contributed by atoms with Crippen LogP contribution in [0.3, 0.4) is 0 Å². The SMILES string of the molecule is CN1CCCC(c2cc(O)cc(O)c2)C1. The van der Waals surface area contributed by atoms with E-state index in [-0.39, 0.29) is 11.5 Å². The zero-order valence-corrected chi connectivity index (χ0v) is 8.98. The van der Waals surface area contributed by atoms with Crippen molar-refractivity contribution in [1.29, 1.82) is 0 Å².